The highest BCUT2D eigenvalue weighted by Crippen LogP contribution is 2.44. The largest absolute Gasteiger partial charge is 0.453 e. The first kappa shape index (κ1) is 20.6. The first-order valence-corrected chi connectivity index (χ1v) is 12.9. The minimum Gasteiger partial charge on any atom is -0.453 e. The third kappa shape index (κ3) is 2.82. The molecule has 0 unspecified atom stereocenters. The molecule has 3 aromatic heterocycles. The molecular formula is C33H19N5O. The molecule has 4 heterocycles. The molecule has 0 fully saturated rings. The SMILES string of the molecule is c1ccc(-c2nc3cccc4c3n2-c2ccc(-c3nc5ccccc5c5nc6ccccc6n35)cc2O4)cc1. The molecule has 0 aliphatic carbocycles. The minimum atomic E-state index is 0.759. The third-order valence-electron chi connectivity index (χ3n) is 7.49. The van der Waals surface area contributed by atoms with E-state index in [4.69, 9.17) is 19.7 Å². The highest BCUT2D eigenvalue weighted by Gasteiger charge is 2.26. The summed E-state index contributed by atoms with van der Waals surface area (Å²) < 4.78 is 10.9. The summed E-state index contributed by atoms with van der Waals surface area (Å²) in [5.41, 5.74) is 8.59. The van der Waals surface area contributed by atoms with Crippen LogP contribution in [-0.2, 0) is 0 Å². The average Bonchev–Trinajstić information content (AvgIpc) is 3.58. The van der Waals surface area contributed by atoms with Crippen LogP contribution >= 0.6 is 0 Å². The van der Waals surface area contributed by atoms with Crippen molar-refractivity contribution < 1.29 is 4.74 Å². The monoisotopic (exact) mass is 501 g/mol. The highest BCUT2D eigenvalue weighted by atomic mass is 16.5. The van der Waals surface area contributed by atoms with Crippen molar-refractivity contribution in [2.45, 2.75) is 0 Å². The summed E-state index contributed by atoms with van der Waals surface area (Å²) in [6, 6.07) is 39.0. The lowest BCUT2D eigenvalue weighted by Gasteiger charge is -2.22. The van der Waals surface area contributed by atoms with Crippen LogP contribution in [-0.4, -0.2) is 23.9 Å². The summed E-state index contributed by atoms with van der Waals surface area (Å²) in [6.45, 7) is 0. The second kappa shape index (κ2) is 7.52. The molecule has 6 nitrogen and oxygen atoms in total. The van der Waals surface area contributed by atoms with Crippen LogP contribution in [0.15, 0.2) is 115 Å². The fraction of sp³-hybridized carbons (Fsp3) is 0. The predicted octanol–water partition coefficient (Wildman–Crippen LogP) is 7.81. The van der Waals surface area contributed by atoms with Crippen LogP contribution in [0.1, 0.15) is 0 Å². The Bertz CT molecular complexity index is 2260. The summed E-state index contributed by atoms with van der Waals surface area (Å²) in [5.74, 6) is 3.26. The maximum Gasteiger partial charge on any atom is 0.153 e. The molecule has 8 aromatic rings. The summed E-state index contributed by atoms with van der Waals surface area (Å²) in [7, 11) is 0. The van der Waals surface area contributed by atoms with E-state index in [-0.39, 0.29) is 0 Å². The molecule has 5 aromatic carbocycles. The lowest BCUT2D eigenvalue weighted by molar-refractivity contribution is 0.476. The third-order valence-corrected chi connectivity index (χ3v) is 7.49. The summed E-state index contributed by atoms with van der Waals surface area (Å²) in [6.07, 6.45) is 0. The molecule has 0 atom stereocenters. The van der Waals surface area contributed by atoms with Crippen molar-refractivity contribution in [3.63, 3.8) is 0 Å². The molecule has 0 saturated carbocycles. The Morgan fingerprint density at radius 3 is 2.23 bits per heavy atom. The number of nitrogens with zero attached hydrogens (tertiary/aromatic N) is 5. The van der Waals surface area contributed by atoms with E-state index in [2.05, 4.69) is 51.4 Å². The smallest absolute Gasteiger partial charge is 0.153 e. The molecule has 0 bridgehead atoms. The Morgan fingerprint density at radius 2 is 1.31 bits per heavy atom. The van der Waals surface area contributed by atoms with Crippen molar-refractivity contribution in [1.82, 2.24) is 23.9 Å². The van der Waals surface area contributed by atoms with Crippen molar-refractivity contribution in [3.05, 3.63) is 115 Å². The molecule has 0 spiro atoms. The molecule has 0 N–H and O–H groups in total. The van der Waals surface area contributed by atoms with Gasteiger partial charge >= 0.3 is 0 Å². The number of fused-ring (bicyclic) bond motifs is 7. The van der Waals surface area contributed by atoms with Crippen LogP contribution in [0, 0.1) is 0 Å². The van der Waals surface area contributed by atoms with E-state index in [0.717, 1.165) is 78.6 Å². The van der Waals surface area contributed by atoms with Gasteiger partial charge in [0.2, 0.25) is 0 Å². The zero-order valence-electron chi connectivity index (χ0n) is 20.6. The van der Waals surface area contributed by atoms with Gasteiger partial charge < -0.3 is 4.74 Å². The first-order valence-electron chi connectivity index (χ1n) is 12.9. The highest BCUT2D eigenvalue weighted by molar-refractivity contribution is 5.98. The molecule has 6 heteroatoms. The van der Waals surface area contributed by atoms with E-state index in [1.807, 2.05) is 72.8 Å². The second-order valence-electron chi connectivity index (χ2n) is 9.76. The zero-order chi connectivity index (χ0) is 25.5. The first-order chi connectivity index (χ1) is 19.3. The van der Waals surface area contributed by atoms with Gasteiger partial charge in [-0.05, 0) is 54.6 Å². The van der Waals surface area contributed by atoms with Gasteiger partial charge in [0.15, 0.2) is 11.5 Å². The molecular weight excluding hydrogens is 482 g/mol. The maximum absolute atomic E-state index is 6.52. The van der Waals surface area contributed by atoms with E-state index in [1.165, 1.54) is 0 Å². The maximum atomic E-state index is 6.52. The number of rotatable bonds is 2. The molecule has 39 heavy (non-hydrogen) atoms. The molecule has 1 aliphatic rings. The van der Waals surface area contributed by atoms with Gasteiger partial charge in [-0.1, -0.05) is 60.7 Å². The van der Waals surface area contributed by atoms with Crippen molar-refractivity contribution in [2.24, 2.45) is 0 Å². The van der Waals surface area contributed by atoms with Gasteiger partial charge in [0.05, 0.1) is 27.8 Å². The summed E-state index contributed by atoms with van der Waals surface area (Å²) in [5, 5.41) is 1.02. The Hall–Kier alpha value is -5.49. The second-order valence-corrected chi connectivity index (χ2v) is 9.76. The minimum absolute atomic E-state index is 0.759. The Kier molecular flexibility index (Phi) is 3.96. The quantitative estimate of drug-likeness (QED) is 0.242. The molecule has 1 aliphatic heterocycles. The molecule has 0 radical (unpaired) electrons. The van der Waals surface area contributed by atoms with Gasteiger partial charge in [0, 0.05) is 16.5 Å². The van der Waals surface area contributed by atoms with Crippen LogP contribution in [0.4, 0.5) is 0 Å². The van der Waals surface area contributed by atoms with Crippen LogP contribution in [0.2, 0.25) is 0 Å². The van der Waals surface area contributed by atoms with Crippen molar-refractivity contribution in [1.29, 1.82) is 0 Å². The van der Waals surface area contributed by atoms with Crippen molar-refractivity contribution in [2.75, 3.05) is 0 Å². The number of imidazole rings is 2. The van der Waals surface area contributed by atoms with Crippen LogP contribution < -0.4 is 4.74 Å². The average molecular weight is 502 g/mol. The van der Waals surface area contributed by atoms with E-state index in [1.54, 1.807) is 0 Å². The van der Waals surface area contributed by atoms with Crippen LogP contribution in [0.25, 0.3) is 67.1 Å². The number of hydrogen-bond donors (Lipinski definition) is 0. The molecule has 0 saturated heterocycles. The lowest BCUT2D eigenvalue weighted by atomic mass is 10.1. The van der Waals surface area contributed by atoms with Crippen molar-refractivity contribution >= 4 is 38.6 Å². The Morgan fingerprint density at radius 1 is 0.538 bits per heavy atom. The van der Waals surface area contributed by atoms with Gasteiger partial charge in [-0.3, -0.25) is 8.97 Å². The summed E-state index contributed by atoms with van der Waals surface area (Å²) >= 11 is 0. The Balaban J connectivity index is 1.33. The van der Waals surface area contributed by atoms with Gasteiger partial charge in [-0.15, -0.1) is 0 Å². The van der Waals surface area contributed by atoms with E-state index < -0.39 is 0 Å². The van der Waals surface area contributed by atoms with E-state index >= 15 is 0 Å². The predicted molar refractivity (Wildman–Crippen MR) is 154 cm³/mol. The summed E-state index contributed by atoms with van der Waals surface area (Å²) in [4.78, 5) is 15.1. The van der Waals surface area contributed by atoms with Gasteiger partial charge in [-0.25, -0.2) is 15.0 Å². The standard InChI is InChI=1S/C33H19N5O/c1-2-9-20(10-3-1)31-36-25-14-8-16-28-30(25)37(31)27-18-17-21(19-29(27)39-28)32-34-23-12-5-4-11-22(23)33-35-24-13-6-7-15-26(24)38(32)33/h1-19H. The van der Waals surface area contributed by atoms with E-state index in [9.17, 15) is 0 Å². The normalized spacial score (nSPS) is 12.3. The molecule has 0 amide bonds. The Labute approximate surface area is 222 Å². The number of benzene rings is 5. The van der Waals surface area contributed by atoms with E-state index in [0.29, 0.717) is 0 Å². The van der Waals surface area contributed by atoms with Gasteiger partial charge in [0.25, 0.3) is 0 Å². The number of aromatic nitrogens is 5. The van der Waals surface area contributed by atoms with Crippen LogP contribution in [0.5, 0.6) is 11.5 Å². The topological polar surface area (TPSA) is 57.2 Å². The zero-order valence-corrected chi connectivity index (χ0v) is 20.6. The lowest BCUT2D eigenvalue weighted by Crippen LogP contribution is -2.06. The number of ether oxygens (including phenoxy) is 1. The van der Waals surface area contributed by atoms with Crippen LogP contribution in [0.3, 0.4) is 0 Å². The number of hydrogen-bond acceptors (Lipinski definition) is 4. The molecule has 9 rings (SSSR count). The van der Waals surface area contributed by atoms with Gasteiger partial charge in [-0.2, -0.15) is 0 Å². The van der Waals surface area contributed by atoms with Crippen molar-refractivity contribution in [3.8, 4) is 40.0 Å². The number of para-hydroxylation sites is 4. The van der Waals surface area contributed by atoms with Gasteiger partial charge in [0.1, 0.15) is 22.8 Å². The molecule has 182 valence electrons. The fourth-order valence-electron chi connectivity index (χ4n) is 5.77. The fourth-order valence-corrected chi connectivity index (χ4v) is 5.77.